The van der Waals surface area contributed by atoms with Gasteiger partial charge in [-0.25, -0.2) is 15.0 Å². The largest absolute Gasteiger partial charge is 0.356 e. The summed E-state index contributed by atoms with van der Waals surface area (Å²) in [5.74, 6) is 2.57. The van der Waals surface area contributed by atoms with Gasteiger partial charge in [0.25, 0.3) is 5.56 Å². The summed E-state index contributed by atoms with van der Waals surface area (Å²) in [6.07, 6.45) is 8.76. The predicted molar refractivity (Wildman–Crippen MR) is 92.2 cm³/mol. The summed E-state index contributed by atoms with van der Waals surface area (Å²) in [6.45, 7) is 4.76. The zero-order chi connectivity index (χ0) is 16.5. The predicted octanol–water partition coefficient (Wildman–Crippen LogP) is 1.75. The van der Waals surface area contributed by atoms with Gasteiger partial charge >= 0.3 is 0 Å². The quantitative estimate of drug-likeness (QED) is 0.860. The SMILES string of the molecule is Cc1nc2c(c(N3CCC(Cn4cnccc4=O)CC3)n1)CCC2. The van der Waals surface area contributed by atoms with E-state index in [0.29, 0.717) is 5.92 Å². The van der Waals surface area contributed by atoms with E-state index >= 15 is 0 Å². The topological polar surface area (TPSA) is 63.9 Å². The van der Waals surface area contributed by atoms with E-state index in [-0.39, 0.29) is 5.56 Å². The molecule has 6 nitrogen and oxygen atoms in total. The minimum atomic E-state index is 0.0386. The molecular formula is C18H23N5O. The van der Waals surface area contributed by atoms with Crippen molar-refractivity contribution in [3.05, 3.63) is 46.0 Å². The van der Waals surface area contributed by atoms with Crippen LogP contribution >= 0.6 is 0 Å². The summed E-state index contributed by atoms with van der Waals surface area (Å²) < 4.78 is 1.73. The lowest BCUT2D eigenvalue weighted by molar-refractivity contribution is 0.350. The van der Waals surface area contributed by atoms with Gasteiger partial charge in [0.1, 0.15) is 11.6 Å². The Hall–Kier alpha value is -2.24. The second kappa shape index (κ2) is 6.34. The van der Waals surface area contributed by atoms with Crippen LogP contribution in [0, 0.1) is 12.8 Å². The fourth-order valence-electron chi connectivity index (χ4n) is 3.92. The van der Waals surface area contributed by atoms with Gasteiger partial charge in [0.15, 0.2) is 0 Å². The highest BCUT2D eigenvalue weighted by molar-refractivity contribution is 5.51. The van der Waals surface area contributed by atoms with Gasteiger partial charge in [-0.05, 0) is 44.9 Å². The van der Waals surface area contributed by atoms with Gasteiger partial charge < -0.3 is 4.90 Å². The van der Waals surface area contributed by atoms with E-state index in [4.69, 9.17) is 4.98 Å². The Labute approximate surface area is 141 Å². The molecule has 0 atom stereocenters. The lowest BCUT2D eigenvalue weighted by Crippen LogP contribution is -2.37. The van der Waals surface area contributed by atoms with E-state index in [1.165, 1.54) is 23.7 Å². The monoisotopic (exact) mass is 325 g/mol. The number of anilines is 1. The maximum atomic E-state index is 11.8. The third-order valence-electron chi connectivity index (χ3n) is 5.18. The number of aromatic nitrogens is 4. The van der Waals surface area contributed by atoms with Crippen molar-refractivity contribution < 1.29 is 0 Å². The Morgan fingerprint density at radius 2 is 2.04 bits per heavy atom. The first kappa shape index (κ1) is 15.3. The van der Waals surface area contributed by atoms with Crippen molar-refractivity contribution in [2.75, 3.05) is 18.0 Å². The molecule has 4 rings (SSSR count). The van der Waals surface area contributed by atoms with Gasteiger partial charge in [0.2, 0.25) is 0 Å². The van der Waals surface area contributed by atoms with Crippen LogP contribution in [0.5, 0.6) is 0 Å². The number of hydrogen-bond donors (Lipinski definition) is 0. The zero-order valence-electron chi connectivity index (χ0n) is 14.1. The maximum absolute atomic E-state index is 11.8. The summed E-state index contributed by atoms with van der Waals surface area (Å²) in [5, 5.41) is 0. The van der Waals surface area contributed by atoms with Gasteiger partial charge in [-0.2, -0.15) is 0 Å². The minimum absolute atomic E-state index is 0.0386. The third kappa shape index (κ3) is 2.92. The van der Waals surface area contributed by atoms with Crippen LogP contribution in [0.15, 0.2) is 23.4 Å². The highest BCUT2D eigenvalue weighted by atomic mass is 16.1. The van der Waals surface area contributed by atoms with Crippen LogP contribution in [-0.2, 0) is 19.4 Å². The molecule has 0 spiro atoms. The molecule has 0 saturated carbocycles. The molecular weight excluding hydrogens is 302 g/mol. The first-order valence-electron chi connectivity index (χ1n) is 8.82. The maximum Gasteiger partial charge on any atom is 0.253 e. The van der Waals surface area contributed by atoms with Crippen LogP contribution < -0.4 is 10.5 Å². The van der Waals surface area contributed by atoms with Crippen molar-refractivity contribution in [2.45, 2.75) is 45.6 Å². The number of aryl methyl sites for hydroxylation is 2. The Morgan fingerprint density at radius 3 is 2.83 bits per heavy atom. The fourth-order valence-corrected chi connectivity index (χ4v) is 3.92. The molecule has 126 valence electrons. The summed E-state index contributed by atoms with van der Waals surface area (Å²) in [7, 11) is 0. The average Bonchev–Trinajstić information content (AvgIpc) is 3.05. The van der Waals surface area contributed by atoms with Crippen molar-refractivity contribution in [2.24, 2.45) is 5.92 Å². The standard InChI is InChI=1S/C18H23N5O/c1-13-20-16-4-2-3-15(16)18(21-13)22-9-6-14(7-10-22)11-23-12-19-8-5-17(23)24/h5,8,12,14H,2-4,6-7,9-11H2,1H3. The van der Waals surface area contributed by atoms with Crippen LogP contribution in [0.3, 0.4) is 0 Å². The fraction of sp³-hybridized carbons (Fsp3) is 0.556. The second-order valence-corrected chi connectivity index (χ2v) is 6.87. The lowest BCUT2D eigenvalue weighted by Gasteiger charge is -2.34. The summed E-state index contributed by atoms with van der Waals surface area (Å²) in [5.41, 5.74) is 2.65. The Kier molecular flexibility index (Phi) is 4.04. The molecule has 0 N–H and O–H groups in total. The molecule has 0 bridgehead atoms. The molecule has 2 aromatic heterocycles. The van der Waals surface area contributed by atoms with E-state index < -0.39 is 0 Å². The molecule has 6 heteroatoms. The van der Waals surface area contributed by atoms with Crippen LogP contribution in [-0.4, -0.2) is 32.6 Å². The van der Waals surface area contributed by atoms with E-state index in [2.05, 4.69) is 14.9 Å². The second-order valence-electron chi connectivity index (χ2n) is 6.87. The molecule has 2 aromatic rings. The van der Waals surface area contributed by atoms with Crippen LogP contribution in [0.4, 0.5) is 5.82 Å². The van der Waals surface area contributed by atoms with E-state index in [1.54, 1.807) is 17.1 Å². The number of nitrogens with zero attached hydrogens (tertiary/aromatic N) is 5. The number of fused-ring (bicyclic) bond motifs is 1. The Bertz CT molecular complexity index is 792. The number of hydrogen-bond acceptors (Lipinski definition) is 5. The Balaban J connectivity index is 1.46. The summed E-state index contributed by atoms with van der Waals surface area (Å²) >= 11 is 0. The number of piperidine rings is 1. The van der Waals surface area contributed by atoms with Crippen molar-refractivity contribution in [3.8, 4) is 0 Å². The van der Waals surface area contributed by atoms with Gasteiger partial charge in [0, 0.05) is 43.2 Å². The molecule has 0 unspecified atom stereocenters. The molecule has 0 aromatic carbocycles. The van der Waals surface area contributed by atoms with Gasteiger partial charge in [0.05, 0.1) is 6.33 Å². The molecule has 2 aliphatic rings. The smallest absolute Gasteiger partial charge is 0.253 e. The molecule has 1 aliphatic carbocycles. The summed E-state index contributed by atoms with van der Waals surface area (Å²) in [6, 6.07) is 1.53. The molecule has 1 aliphatic heterocycles. The van der Waals surface area contributed by atoms with Crippen molar-refractivity contribution in [3.63, 3.8) is 0 Å². The minimum Gasteiger partial charge on any atom is -0.356 e. The van der Waals surface area contributed by atoms with Gasteiger partial charge in [-0.3, -0.25) is 9.36 Å². The lowest BCUT2D eigenvalue weighted by atomic mass is 9.96. The summed E-state index contributed by atoms with van der Waals surface area (Å²) in [4.78, 5) is 27.7. The van der Waals surface area contributed by atoms with Crippen molar-refractivity contribution >= 4 is 5.82 Å². The molecule has 0 radical (unpaired) electrons. The highest BCUT2D eigenvalue weighted by Gasteiger charge is 2.26. The van der Waals surface area contributed by atoms with Crippen molar-refractivity contribution in [1.29, 1.82) is 0 Å². The molecule has 24 heavy (non-hydrogen) atoms. The first-order valence-corrected chi connectivity index (χ1v) is 8.82. The molecule has 1 saturated heterocycles. The average molecular weight is 325 g/mol. The number of rotatable bonds is 3. The first-order chi connectivity index (χ1) is 11.7. The van der Waals surface area contributed by atoms with Crippen LogP contribution in [0.1, 0.15) is 36.3 Å². The normalized spacial score (nSPS) is 18.0. The van der Waals surface area contributed by atoms with Gasteiger partial charge in [-0.1, -0.05) is 0 Å². The van der Waals surface area contributed by atoms with Gasteiger partial charge in [-0.15, -0.1) is 0 Å². The van der Waals surface area contributed by atoms with E-state index in [9.17, 15) is 4.79 Å². The van der Waals surface area contributed by atoms with Crippen LogP contribution in [0.2, 0.25) is 0 Å². The molecule has 0 amide bonds. The zero-order valence-corrected chi connectivity index (χ0v) is 14.1. The van der Waals surface area contributed by atoms with E-state index in [1.807, 2.05) is 6.92 Å². The Morgan fingerprint density at radius 1 is 1.21 bits per heavy atom. The molecule has 1 fully saturated rings. The third-order valence-corrected chi connectivity index (χ3v) is 5.18. The van der Waals surface area contributed by atoms with Crippen LogP contribution in [0.25, 0.3) is 0 Å². The van der Waals surface area contributed by atoms with Crippen molar-refractivity contribution in [1.82, 2.24) is 19.5 Å². The highest BCUT2D eigenvalue weighted by Crippen LogP contribution is 2.31. The molecule has 3 heterocycles. The van der Waals surface area contributed by atoms with E-state index in [0.717, 1.165) is 57.0 Å².